The van der Waals surface area contributed by atoms with E-state index >= 15 is 0 Å². The van der Waals surface area contributed by atoms with E-state index in [4.69, 9.17) is 0 Å². The van der Waals surface area contributed by atoms with Crippen LogP contribution in [0.15, 0.2) is 212 Å². The molecular formula is C56H35N. The van der Waals surface area contributed by atoms with Crippen LogP contribution in [0.3, 0.4) is 0 Å². The summed E-state index contributed by atoms with van der Waals surface area (Å²) in [5.41, 5.74) is 24.1. The summed E-state index contributed by atoms with van der Waals surface area (Å²) < 4.78 is 0. The largest absolute Gasteiger partial charge is 0.310 e. The third-order valence-electron chi connectivity index (χ3n) is 13.5. The van der Waals surface area contributed by atoms with E-state index in [-0.39, 0.29) is 5.41 Å². The Kier molecular flexibility index (Phi) is 6.09. The molecule has 0 aliphatic heterocycles. The maximum Gasteiger partial charge on any atom is 0.0738 e. The number of anilines is 3. The maximum absolute atomic E-state index is 2.52. The molecule has 0 aromatic heterocycles. The smallest absolute Gasteiger partial charge is 0.0738 e. The zero-order valence-electron chi connectivity index (χ0n) is 31.2. The fourth-order valence-corrected chi connectivity index (χ4v) is 11.5. The van der Waals surface area contributed by atoms with Gasteiger partial charge in [-0.05, 0) is 114 Å². The van der Waals surface area contributed by atoms with E-state index < -0.39 is 5.41 Å². The Morgan fingerprint density at radius 1 is 0.281 bits per heavy atom. The zero-order valence-corrected chi connectivity index (χ0v) is 31.2. The highest BCUT2D eigenvalue weighted by molar-refractivity contribution is 6.09. The Labute approximate surface area is 332 Å². The van der Waals surface area contributed by atoms with Crippen LogP contribution < -0.4 is 4.90 Å². The molecule has 13 rings (SSSR count). The van der Waals surface area contributed by atoms with Crippen molar-refractivity contribution in [2.24, 2.45) is 0 Å². The molecule has 0 fully saturated rings. The van der Waals surface area contributed by atoms with E-state index in [1.165, 1.54) is 94.7 Å². The van der Waals surface area contributed by atoms with Gasteiger partial charge in [-0.2, -0.15) is 0 Å². The van der Waals surface area contributed by atoms with Crippen molar-refractivity contribution in [1.82, 2.24) is 0 Å². The standard InChI is InChI=1S/C56H35N/c1-4-17-36(18-5-1)55(37-19-6-2-7-20-37)47-29-12-10-23-40(47)42-34-33-39(35-50(42)55)57(38-21-8-3-9-22-38)51-32-16-31-49-52(51)46-28-15-27-45-44-26-14-25-43-41-24-11-13-30-48(41)56(49,53(43)44)54(45)46/h1-35H. The molecular weight excluding hydrogens is 687 g/mol. The van der Waals surface area contributed by atoms with Gasteiger partial charge in [-0.1, -0.05) is 182 Å². The number of nitrogens with zero attached hydrogens (tertiary/aromatic N) is 1. The van der Waals surface area contributed by atoms with Crippen molar-refractivity contribution in [3.8, 4) is 44.5 Å². The van der Waals surface area contributed by atoms with Gasteiger partial charge in [-0.3, -0.25) is 0 Å². The van der Waals surface area contributed by atoms with E-state index in [2.05, 4.69) is 217 Å². The third kappa shape index (κ3) is 3.70. The van der Waals surface area contributed by atoms with Crippen LogP contribution in [0.5, 0.6) is 0 Å². The molecule has 0 N–H and O–H groups in total. The molecule has 9 aromatic rings. The lowest BCUT2D eigenvalue weighted by molar-refractivity contribution is 0.768. The molecule has 0 bridgehead atoms. The number of para-hydroxylation sites is 1. The minimum atomic E-state index is -0.495. The lowest BCUT2D eigenvalue weighted by Gasteiger charge is -2.35. The van der Waals surface area contributed by atoms with Gasteiger partial charge in [-0.15, -0.1) is 0 Å². The SMILES string of the molecule is c1ccc(N(c2ccc3c(c2)C(c2ccccc2)(c2ccccc2)c2ccccc2-3)c2cccc3c2-c2cccc4c2C32c3ccccc3-c3cccc-4c32)cc1. The van der Waals surface area contributed by atoms with Gasteiger partial charge in [0, 0.05) is 16.9 Å². The van der Waals surface area contributed by atoms with Crippen molar-refractivity contribution in [1.29, 1.82) is 0 Å². The lowest BCUT2D eigenvalue weighted by atomic mass is 9.67. The summed E-state index contributed by atoms with van der Waals surface area (Å²) in [6.45, 7) is 0. The van der Waals surface area contributed by atoms with E-state index in [0.29, 0.717) is 0 Å². The van der Waals surface area contributed by atoms with Crippen LogP contribution in [0.4, 0.5) is 17.1 Å². The Morgan fingerprint density at radius 3 is 1.40 bits per heavy atom. The summed E-state index contributed by atoms with van der Waals surface area (Å²) in [5.74, 6) is 0. The summed E-state index contributed by atoms with van der Waals surface area (Å²) >= 11 is 0. The van der Waals surface area contributed by atoms with Gasteiger partial charge in [0.15, 0.2) is 0 Å². The fourth-order valence-electron chi connectivity index (χ4n) is 11.5. The van der Waals surface area contributed by atoms with Crippen LogP contribution in [-0.4, -0.2) is 0 Å². The van der Waals surface area contributed by atoms with Crippen molar-refractivity contribution in [3.05, 3.63) is 257 Å². The van der Waals surface area contributed by atoms with E-state index in [0.717, 1.165) is 11.4 Å². The molecule has 0 heterocycles. The topological polar surface area (TPSA) is 3.24 Å². The van der Waals surface area contributed by atoms with E-state index in [1.54, 1.807) is 0 Å². The summed E-state index contributed by atoms with van der Waals surface area (Å²) in [5, 5.41) is 0. The van der Waals surface area contributed by atoms with Crippen molar-refractivity contribution in [3.63, 3.8) is 0 Å². The van der Waals surface area contributed by atoms with Gasteiger partial charge in [0.1, 0.15) is 0 Å². The molecule has 4 aliphatic rings. The number of hydrogen-bond donors (Lipinski definition) is 0. The normalized spacial score (nSPS) is 16.3. The fraction of sp³-hybridized carbons (Fsp3) is 0.0357. The number of rotatable bonds is 5. The van der Waals surface area contributed by atoms with Crippen LogP contribution in [-0.2, 0) is 10.8 Å². The Hall–Kier alpha value is -7.22. The highest BCUT2D eigenvalue weighted by Crippen LogP contribution is 2.71. The number of benzene rings is 9. The second-order valence-corrected chi connectivity index (χ2v) is 15.9. The first-order valence-electron chi connectivity index (χ1n) is 20.0. The minimum absolute atomic E-state index is 0.350. The van der Waals surface area contributed by atoms with Crippen molar-refractivity contribution in [2.75, 3.05) is 4.90 Å². The summed E-state index contributed by atoms with van der Waals surface area (Å²) in [6, 6.07) is 79.6. The van der Waals surface area contributed by atoms with Gasteiger partial charge < -0.3 is 4.90 Å². The first kappa shape index (κ1) is 31.0. The molecule has 0 radical (unpaired) electrons. The average molecular weight is 722 g/mol. The average Bonchev–Trinajstić information content (AvgIpc) is 3.97. The van der Waals surface area contributed by atoms with Crippen LogP contribution in [0, 0.1) is 0 Å². The van der Waals surface area contributed by atoms with E-state index in [1.807, 2.05) is 0 Å². The van der Waals surface area contributed by atoms with Crippen molar-refractivity contribution < 1.29 is 0 Å². The predicted octanol–water partition coefficient (Wildman–Crippen LogP) is 13.8. The van der Waals surface area contributed by atoms with Crippen molar-refractivity contribution >= 4 is 17.1 Å². The Balaban J connectivity index is 1.11. The number of fused-ring (bicyclic) bond motifs is 8. The highest BCUT2D eigenvalue weighted by atomic mass is 15.1. The Morgan fingerprint density at radius 2 is 0.737 bits per heavy atom. The van der Waals surface area contributed by atoms with Crippen LogP contribution in [0.25, 0.3) is 44.5 Å². The van der Waals surface area contributed by atoms with Gasteiger partial charge in [0.25, 0.3) is 0 Å². The first-order chi connectivity index (χ1) is 28.3. The zero-order chi connectivity index (χ0) is 37.3. The second-order valence-electron chi connectivity index (χ2n) is 15.9. The summed E-state index contributed by atoms with van der Waals surface area (Å²) in [7, 11) is 0. The van der Waals surface area contributed by atoms with Gasteiger partial charge in [0.05, 0.1) is 16.5 Å². The van der Waals surface area contributed by atoms with Gasteiger partial charge >= 0.3 is 0 Å². The maximum atomic E-state index is 2.52. The van der Waals surface area contributed by atoms with Gasteiger partial charge in [0.2, 0.25) is 0 Å². The van der Waals surface area contributed by atoms with Gasteiger partial charge in [-0.25, -0.2) is 0 Å². The monoisotopic (exact) mass is 721 g/mol. The molecule has 0 saturated heterocycles. The molecule has 0 amide bonds. The molecule has 9 aromatic carbocycles. The quantitative estimate of drug-likeness (QED) is 0.171. The molecule has 1 heteroatoms. The second kappa shape index (κ2) is 11.2. The van der Waals surface area contributed by atoms with E-state index in [9.17, 15) is 0 Å². The van der Waals surface area contributed by atoms with Crippen LogP contribution in [0.1, 0.15) is 44.5 Å². The van der Waals surface area contributed by atoms with Crippen LogP contribution >= 0.6 is 0 Å². The Bertz CT molecular complexity index is 3070. The predicted molar refractivity (Wildman–Crippen MR) is 234 cm³/mol. The molecule has 0 saturated carbocycles. The summed E-state index contributed by atoms with van der Waals surface area (Å²) in [6.07, 6.45) is 0. The van der Waals surface area contributed by atoms with Crippen LogP contribution in [0.2, 0.25) is 0 Å². The third-order valence-corrected chi connectivity index (χ3v) is 13.5. The molecule has 57 heavy (non-hydrogen) atoms. The molecule has 1 spiro atoms. The molecule has 1 atom stereocenters. The van der Waals surface area contributed by atoms with Crippen molar-refractivity contribution in [2.45, 2.75) is 10.8 Å². The molecule has 1 nitrogen and oxygen atoms in total. The minimum Gasteiger partial charge on any atom is -0.310 e. The first-order valence-corrected chi connectivity index (χ1v) is 20.0. The number of hydrogen-bond acceptors (Lipinski definition) is 1. The summed E-state index contributed by atoms with van der Waals surface area (Å²) in [4.78, 5) is 2.52. The highest BCUT2D eigenvalue weighted by Gasteiger charge is 2.58. The molecule has 4 aliphatic carbocycles. The molecule has 1 unspecified atom stereocenters. The lowest BCUT2D eigenvalue weighted by Crippen LogP contribution is -2.28. The molecule has 264 valence electrons.